The van der Waals surface area contributed by atoms with Gasteiger partial charge in [0, 0.05) is 18.3 Å². The van der Waals surface area contributed by atoms with E-state index in [0.717, 1.165) is 12.1 Å². The average Bonchev–Trinajstić information content (AvgIpc) is 2.95. The van der Waals surface area contributed by atoms with E-state index in [2.05, 4.69) is 5.10 Å². The molecule has 0 radical (unpaired) electrons. The molecule has 0 saturated carbocycles. The van der Waals surface area contributed by atoms with Crippen LogP contribution in [0.25, 0.3) is 5.69 Å². The molecule has 0 aliphatic heterocycles. The Morgan fingerprint density at radius 1 is 1.29 bits per heavy atom. The van der Waals surface area contributed by atoms with E-state index >= 15 is 0 Å². The fraction of sp³-hybridized carbons (Fsp3) is 0.357. The van der Waals surface area contributed by atoms with Crippen molar-refractivity contribution in [2.75, 3.05) is 13.2 Å². The van der Waals surface area contributed by atoms with Crippen molar-refractivity contribution in [1.29, 1.82) is 0 Å². The maximum Gasteiger partial charge on any atom is 0.336 e. The Morgan fingerprint density at radius 2 is 1.96 bits per heavy atom. The van der Waals surface area contributed by atoms with Crippen LogP contribution in [0.15, 0.2) is 30.5 Å². The monoisotopic (exact) mass is 357 g/mol. The van der Waals surface area contributed by atoms with Crippen LogP contribution in [0, 0.1) is 15.9 Å². The summed E-state index contributed by atoms with van der Waals surface area (Å²) in [7, 11) is -3.29. The minimum Gasteiger partial charge on any atom is -0.309 e. The number of rotatable bonds is 8. The third-order valence-electron chi connectivity index (χ3n) is 3.04. The van der Waals surface area contributed by atoms with Crippen molar-refractivity contribution >= 4 is 13.3 Å². The van der Waals surface area contributed by atoms with Crippen LogP contribution in [0.1, 0.15) is 19.5 Å². The standard InChI is InChI=1S/C14H17FN3O5P/c1-3-22-24(21,23-4-2)10-11-7-8-17(16-11)12-5-6-14(18(19)20)13(15)9-12/h5-9H,3-4,10H2,1-2H3. The Hall–Kier alpha value is -2.09. The second-order valence-corrected chi connectivity index (χ2v) is 6.80. The van der Waals surface area contributed by atoms with Gasteiger partial charge in [-0.2, -0.15) is 9.49 Å². The van der Waals surface area contributed by atoms with Gasteiger partial charge in [0.1, 0.15) is 0 Å². The zero-order valence-electron chi connectivity index (χ0n) is 13.2. The number of benzene rings is 1. The van der Waals surface area contributed by atoms with Crippen molar-refractivity contribution in [3.8, 4) is 5.69 Å². The summed E-state index contributed by atoms with van der Waals surface area (Å²) in [6, 6.07) is 5.06. The molecule has 8 nitrogen and oxygen atoms in total. The molecule has 0 amide bonds. The summed E-state index contributed by atoms with van der Waals surface area (Å²) in [6.45, 7) is 3.91. The van der Waals surface area contributed by atoms with E-state index in [4.69, 9.17) is 9.05 Å². The highest BCUT2D eigenvalue weighted by Gasteiger charge is 2.25. The number of halogens is 1. The molecule has 0 spiro atoms. The van der Waals surface area contributed by atoms with Crippen LogP contribution < -0.4 is 0 Å². The predicted molar refractivity (Wildman–Crippen MR) is 84.7 cm³/mol. The minimum atomic E-state index is -3.29. The van der Waals surface area contributed by atoms with Crippen LogP contribution in [-0.4, -0.2) is 27.9 Å². The molecule has 130 valence electrons. The second-order valence-electron chi connectivity index (χ2n) is 4.75. The minimum absolute atomic E-state index is 0.0167. The number of nitro groups is 1. The van der Waals surface area contributed by atoms with Gasteiger partial charge in [0.05, 0.1) is 35.7 Å². The van der Waals surface area contributed by atoms with Gasteiger partial charge >= 0.3 is 13.3 Å². The quantitative estimate of drug-likeness (QED) is 0.406. The first-order valence-corrected chi connectivity index (χ1v) is 8.98. The van der Waals surface area contributed by atoms with Crippen LogP contribution >= 0.6 is 7.60 Å². The lowest BCUT2D eigenvalue weighted by molar-refractivity contribution is -0.387. The first kappa shape index (κ1) is 18.3. The zero-order chi connectivity index (χ0) is 17.7. The van der Waals surface area contributed by atoms with E-state index in [1.54, 1.807) is 19.9 Å². The highest BCUT2D eigenvalue weighted by molar-refractivity contribution is 7.53. The number of nitro benzene ring substituents is 1. The lowest BCUT2D eigenvalue weighted by Crippen LogP contribution is -2.02. The molecule has 0 atom stereocenters. The number of nitrogens with zero attached hydrogens (tertiary/aromatic N) is 3. The van der Waals surface area contributed by atoms with Gasteiger partial charge in [-0.3, -0.25) is 14.7 Å². The lowest BCUT2D eigenvalue weighted by Gasteiger charge is -2.15. The topological polar surface area (TPSA) is 96.5 Å². The molecule has 0 N–H and O–H groups in total. The van der Waals surface area contributed by atoms with Crippen LogP contribution in [0.2, 0.25) is 0 Å². The summed E-state index contributed by atoms with van der Waals surface area (Å²) < 4.78 is 37.9. The molecule has 2 aromatic rings. The Morgan fingerprint density at radius 3 is 2.50 bits per heavy atom. The predicted octanol–water partition coefficient (Wildman–Crippen LogP) is 3.69. The summed E-state index contributed by atoms with van der Waals surface area (Å²) in [6.07, 6.45) is 1.52. The molecule has 1 aromatic heterocycles. The summed E-state index contributed by atoms with van der Waals surface area (Å²) in [5.74, 6) is -0.955. The number of hydrogen-bond acceptors (Lipinski definition) is 6. The van der Waals surface area contributed by atoms with Gasteiger partial charge in [-0.05, 0) is 26.0 Å². The van der Waals surface area contributed by atoms with Crippen molar-refractivity contribution < 1.29 is 22.9 Å². The molecule has 24 heavy (non-hydrogen) atoms. The van der Waals surface area contributed by atoms with Crippen LogP contribution in [-0.2, 0) is 19.8 Å². The molecule has 0 aliphatic carbocycles. The van der Waals surface area contributed by atoms with Crippen molar-refractivity contribution in [3.63, 3.8) is 0 Å². The molecular weight excluding hydrogens is 340 g/mol. The maximum atomic E-state index is 13.7. The summed E-state index contributed by atoms with van der Waals surface area (Å²) in [4.78, 5) is 9.84. The third-order valence-corrected chi connectivity index (χ3v) is 5.06. The molecule has 2 rings (SSSR count). The first-order valence-electron chi connectivity index (χ1n) is 7.25. The average molecular weight is 357 g/mol. The summed E-state index contributed by atoms with van der Waals surface area (Å²) in [5, 5.41) is 14.8. The molecule has 0 unspecified atom stereocenters. The van der Waals surface area contributed by atoms with E-state index < -0.39 is 24.0 Å². The van der Waals surface area contributed by atoms with Crippen LogP contribution in [0.5, 0.6) is 0 Å². The maximum absolute atomic E-state index is 13.7. The molecule has 1 heterocycles. The fourth-order valence-electron chi connectivity index (χ4n) is 2.10. The summed E-state index contributed by atoms with van der Waals surface area (Å²) in [5.41, 5.74) is 0.148. The zero-order valence-corrected chi connectivity index (χ0v) is 14.1. The molecule has 1 aromatic carbocycles. The van der Waals surface area contributed by atoms with Crippen molar-refractivity contribution in [3.05, 3.63) is 52.1 Å². The molecule has 0 aliphatic rings. The molecule has 0 saturated heterocycles. The third kappa shape index (κ3) is 4.25. The second kappa shape index (κ2) is 7.65. The fourth-order valence-corrected chi connectivity index (χ4v) is 3.71. The van der Waals surface area contributed by atoms with Gasteiger partial charge in [0.2, 0.25) is 5.82 Å². The van der Waals surface area contributed by atoms with Gasteiger partial charge in [-0.25, -0.2) is 4.68 Å². The Labute approximate surface area is 137 Å². The first-order chi connectivity index (χ1) is 11.4. The highest BCUT2D eigenvalue weighted by Crippen LogP contribution is 2.50. The van der Waals surface area contributed by atoms with Gasteiger partial charge in [-0.15, -0.1) is 0 Å². The van der Waals surface area contributed by atoms with Gasteiger partial charge in [0.15, 0.2) is 0 Å². The molecule has 0 bridgehead atoms. The number of aromatic nitrogens is 2. The van der Waals surface area contributed by atoms with E-state index in [0.29, 0.717) is 11.4 Å². The van der Waals surface area contributed by atoms with E-state index in [1.807, 2.05) is 0 Å². The van der Waals surface area contributed by atoms with E-state index in [9.17, 15) is 19.1 Å². The molecular formula is C14H17FN3O5P. The Bertz CT molecular complexity index is 770. The number of hydrogen-bond donors (Lipinski definition) is 0. The van der Waals surface area contributed by atoms with Gasteiger partial charge in [0.25, 0.3) is 0 Å². The Kier molecular flexibility index (Phi) is 5.82. The van der Waals surface area contributed by atoms with Gasteiger partial charge < -0.3 is 9.05 Å². The molecule has 0 fully saturated rings. The van der Waals surface area contributed by atoms with Crippen molar-refractivity contribution in [1.82, 2.24) is 9.78 Å². The lowest BCUT2D eigenvalue weighted by atomic mass is 10.3. The SMILES string of the molecule is CCOP(=O)(Cc1ccn(-c2ccc([N+](=O)[O-])c(F)c2)n1)OCC. The van der Waals surface area contributed by atoms with Crippen LogP contribution in [0.3, 0.4) is 0 Å². The van der Waals surface area contributed by atoms with Gasteiger partial charge in [-0.1, -0.05) is 0 Å². The highest BCUT2D eigenvalue weighted by atomic mass is 31.2. The Balaban J connectivity index is 2.23. The van der Waals surface area contributed by atoms with Crippen molar-refractivity contribution in [2.45, 2.75) is 20.0 Å². The normalized spacial score (nSPS) is 11.6. The molecule has 10 heteroatoms. The van der Waals surface area contributed by atoms with Crippen LogP contribution in [0.4, 0.5) is 10.1 Å². The summed E-state index contributed by atoms with van der Waals surface area (Å²) >= 11 is 0. The van der Waals surface area contributed by atoms with E-state index in [-0.39, 0.29) is 19.4 Å². The van der Waals surface area contributed by atoms with E-state index in [1.165, 1.54) is 16.9 Å². The largest absolute Gasteiger partial charge is 0.336 e. The van der Waals surface area contributed by atoms with Crippen molar-refractivity contribution in [2.24, 2.45) is 0 Å². The smallest absolute Gasteiger partial charge is 0.309 e.